The van der Waals surface area contributed by atoms with Crippen molar-refractivity contribution in [2.24, 2.45) is 0 Å². The molecule has 1 aromatic heterocycles. The van der Waals surface area contributed by atoms with Crippen LogP contribution in [0.5, 0.6) is 0 Å². The molecule has 0 unspecified atom stereocenters. The van der Waals surface area contributed by atoms with Crippen molar-refractivity contribution in [3.63, 3.8) is 0 Å². The van der Waals surface area contributed by atoms with E-state index < -0.39 is 0 Å². The lowest BCUT2D eigenvalue weighted by Gasteiger charge is -2.02. The lowest BCUT2D eigenvalue weighted by molar-refractivity contribution is 0.694. The minimum atomic E-state index is 0.782. The lowest BCUT2D eigenvalue weighted by atomic mass is 10.1. The third kappa shape index (κ3) is 2.40. The molecule has 0 aliphatic heterocycles. The van der Waals surface area contributed by atoms with Gasteiger partial charge in [-0.3, -0.25) is 0 Å². The molecule has 0 spiro atoms. The summed E-state index contributed by atoms with van der Waals surface area (Å²) in [6.45, 7) is 1.04. The van der Waals surface area contributed by atoms with E-state index in [0.717, 1.165) is 18.5 Å². The summed E-state index contributed by atoms with van der Waals surface area (Å²) in [6, 6.07) is 0.807. The maximum absolute atomic E-state index is 4.58. The van der Waals surface area contributed by atoms with E-state index in [1.54, 1.807) is 0 Å². The molecule has 0 saturated heterocycles. The molecule has 0 radical (unpaired) electrons. The Balaban J connectivity index is 1.59. The predicted molar refractivity (Wildman–Crippen MR) is 63.2 cm³/mol. The highest BCUT2D eigenvalue weighted by Gasteiger charge is 2.22. The molecule has 0 amide bonds. The van der Waals surface area contributed by atoms with E-state index >= 15 is 0 Å². The minimum absolute atomic E-state index is 0.782. The van der Waals surface area contributed by atoms with Gasteiger partial charge in [-0.25, -0.2) is 4.98 Å². The van der Waals surface area contributed by atoms with Crippen LogP contribution in [0.15, 0.2) is 6.20 Å². The second kappa shape index (κ2) is 4.22. The van der Waals surface area contributed by atoms with E-state index in [-0.39, 0.29) is 0 Å². The number of rotatable bonds is 4. The van der Waals surface area contributed by atoms with Gasteiger partial charge in [0.2, 0.25) is 0 Å². The van der Waals surface area contributed by atoms with Gasteiger partial charge in [-0.05, 0) is 25.7 Å². The molecule has 2 aliphatic rings. The molecule has 0 aromatic carbocycles. The Labute approximate surface area is 95.1 Å². The average molecular weight is 222 g/mol. The summed E-state index contributed by atoms with van der Waals surface area (Å²) in [5.74, 6) is 0.782. The van der Waals surface area contributed by atoms with Crippen LogP contribution in [0, 0.1) is 0 Å². The molecule has 3 heteroatoms. The number of nitrogens with zero attached hydrogens (tertiary/aromatic N) is 1. The van der Waals surface area contributed by atoms with E-state index in [2.05, 4.69) is 16.5 Å². The minimum Gasteiger partial charge on any atom is -0.309 e. The Hall–Kier alpha value is -0.410. The summed E-state index contributed by atoms with van der Waals surface area (Å²) in [5.41, 5.74) is 0. The maximum atomic E-state index is 4.58. The Morgan fingerprint density at radius 1 is 1.27 bits per heavy atom. The van der Waals surface area contributed by atoms with Crippen molar-refractivity contribution >= 4 is 11.3 Å². The summed E-state index contributed by atoms with van der Waals surface area (Å²) in [4.78, 5) is 6.00. The van der Waals surface area contributed by atoms with E-state index in [4.69, 9.17) is 0 Å². The third-order valence-electron chi connectivity index (χ3n) is 3.42. The number of nitrogens with one attached hydrogen (secondary N) is 1. The average Bonchev–Trinajstić information content (AvgIpc) is 2.78. The first-order valence-corrected chi connectivity index (χ1v) is 6.91. The third-order valence-corrected chi connectivity index (χ3v) is 4.58. The molecular weight excluding hydrogens is 204 g/mol. The summed E-state index contributed by atoms with van der Waals surface area (Å²) in [5, 5.41) is 4.94. The summed E-state index contributed by atoms with van der Waals surface area (Å²) < 4.78 is 0. The first-order valence-electron chi connectivity index (χ1n) is 6.10. The van der Waals surface area contributed by atoms with Crippen molar-refractivity contribution in [3.8, 4) is 0 Å². The topological polar surface area (TPSA) is 24.9 Å². The highest BCUT2D eigenvalue weighted by molar-refractivity contribution is 7.11. The van der Waals surface area contributed by atoms with Crippen molar-refractivity contribution in [1.82, 2.24) is 10.3 Å². The maximum Gasteiger partial charge on any atom is 0.0959 e. The Kier molecular flexibility index (Phi) is 2.76. The second-order valence-electron chi connectivity index (χ2n) is 4.80. The van der Waals surface area contributed by atoms with E-state index in [0.29, 0.717) is 0 Å². The fourth-order valence-corrected chi connectivity index (χ4v) is 3.34. The fourth-order valence-electron chi connectivity index (χ4n) is 2.30. The van der Waals surface area contributed by atoms with Crippen molar-refractivity contribution in [1.29, 1.82) is 0 Å². The van der Waals surface area contributed by atoms with E-state index in [1.165, 1.54) is 48.4 Å². The van der Waals surface area contributed by atoms with Crippen LogP contribution in [0.4, 0.5) is 0 Å². The predicted octanol–water partition coefficient (Wildman–Crippen LogP) is 3.05. The molecular formula is C12H18N2S. The van der Waals surface area contributed by atoms with Crippen LogP contribution in [-0.4, -0.2) is 11.0 Å². The van der Waals surface area contributed by atoms with Gasteiger partial charge in [-0.2, -0.15) is 0 Å². The largest absolute Gasteiger partial charge is 0.309 e. The van der Waals surface area contributed by atoms with Gasteiger partial charge >= 0.3 is 0 Å². The Bertz CT molecular complexity index is 324. The van der Waals surface area contributed by atoms with Gasteiger partial charge in [-0.15, -0.1) is 11.3 Å². The standard InChI is InChI=1S/C12H18N2S/c1-2-4-9(3-1)12-14-8-11(15-12)7-13-10-5-6-10/h8-10,13H,1-7H2. The molecule has 0 atom stereocenters. The zero-order valence-corrected chi connectivity index (χ0v) is 9.85. The molecule has 0 bridgehead atoms. The van der Waals surface area contributed by atoms with Gasteiger partial charge < -0.3 is 5.32 Å². The van der Waals surface area contributed by atoms with Crippen LogP contribution in [0.2, 0.25) is 0 Å². The van der Waals surface area contributed by atoms with Crippen LogP contribution in [-0.2, 0) is 6.54 Å². The summed E-state index contributed by atoms with van der Waals surface area (Å²) >= 11 is 1.93. The van der Waals surface area contributed by atoms with Crippen molar-refractivity contribution < 1.29 is 0 Å². The van der Waals surface area contributed by atoms with Crippen LogP contribution < -0.4 is 5.32 Å². The lowest BCUT2D eigenvalue weighted by Crippen LogP contribution is -2.14. The number of hydrogen-bond donors (Lipinski definition) is 1. The smallest absolute Gasteiger partial charge is 0.0959 e. The molecule has 3 rings (SSSR count). The Morgan fingerprint density at radius 2 is 2.07 bits per heavy atom. The van der Waals surface area contributed by atoms with Crippen LogP contribution in [0.25, 0.3) is 0 Å². The van der Waals surface area contributed by atoms with Gasteiger partial charge in [0.25, 0.3) is 0 Å². The SMILES string of the molecule is c1nc(C2CCCC2)sc1CNC1CC1. The quantitative estimate of drug-likeness (QED) is 0.847. The molecule has 1 heterocycles. The highest BCUT2D eigenvalue weighted by atomic mass is 32.1. The normalized spacial score (nSPS) is 22.4. The molecule has 2 saturated carbocycles. The van der Waals surface area contributed by atoms with Crippen LogP contribution in [0.1, 0.15) is 54.3 Å². The summed E-state index contributed by atoms with van der Waals surface area (Å²) in [7, 11) is 0. The molecule has 15 heavy (non-hydrogen) atoms. The van der Waals surface area contributed by atoms with Crippen LogP contribution in [0.3, 0.4) is 0 Å². The van der Waals surface area contributed by atoms with Gasteiger partial charge in [0.05, 0.1) is 5.01 Å². The molecule has 2 aliphatic carbocycles. The molecule has 2 nitrogen and oxygen atoms in total. The van der Waals surface area contributed by atoms with Crippen molar-refractivity contribution in [3.05, 3.63) is 16.1 Å². The fraction of sp³-hybridized carbons (Fsp3) is 0.750. The van der Waals surface area contributed by atoms with Gasteiger partial charge in [0, 0.05) is 29.6 Å². The Morgan fingerprint density at radius 3 is 2.80 bits per heavy atom. The summed E-state index contributed by atoms with van der Waals surface area (Å²) in [6.07, 6.45) is 10.3. The molecule has 2 fully saturated rings. The number of hydrogen-bond acceptors (Lipinski definition) is 3. The zero-order chi connectivity index (χ0) is 10.1. The molecule has 1 N–H and O–H groups in total. The second-order valence-corrected chi connectivity index (χ2v) is 5.95. The van der Waals surface area contributed by atoms with Gasteiger partial charge in [-0.1, -0.05) is 12.8 Å². The molecule has 82 valence electrons. The van der Waals surface area contributed by atoms with Crippen molar-refractivity contribution in [2.45, 2.75) is 57.0 Å². The number of thiazole rings is 1. The van der Waals surface area contributed by atoms with Gasteiger partial charge in [0.15, 0.2) is 0 Å². The van der Waals surface area contributed by atoms with E-state index in [9.17, 15) is 0 Å². The first kappa shape index (κ1) is 9.79. The highest BCUT2D eigenvalue weighted by Crippen LogP contribution is 2.36. The van der Waals surface area contributed by atoms with E-state index in [1.807, 2.05) is 11.3 Å². The zero-order valence-electron chi connectivity index (χ0n) is 9.04. The molecule has 1 aromatic rings. The monoisotopic (exact) mass is 222 g/mol. The van der Waals surface area contributed by atoms with Crippen LogP contribution >= 0.6 is 11.3 Å². The van der Waals surface area contributed by atoms with Crippen molar-refractivity contribution in [2.75, 3.05) is 0 Å². The first-order chi connectivity index (χ1) is 7.42. The number of aromatic nitrogens is 1. The van der Waals surface area contributed by atoms with Gasteiger partial charge in [0.1, 0.15) is 0 Å².